The van der Waals surface area contributed by atoms with Crippen LogP contribution in [0.15, 0.2) is 11.6 Å². The molecule has 0 bridgehead atoms. The van der Waals surface area contributed by atoms with E-state index in [1.165, 1.54) is 51.5 Å². The third kappa shape index (κ3) is 3.16. The minimum Gasteiger partial charge on any atom is -0.459 e. The zero-order valence-electron chi connectivity index (χ0n) is 18.8. The van der Waals surface area contributed by atoms with Crippen LogP contribution in [0.5, 0.6) is 0 Å². The van der Waals surface area contributed by atoms with Crippen molar-refractivity contribution >= 4 is 11.9 Å². The summed E-state index contributed by atoms with van der Waals surface area (Å²) < 4.78 is 11.6. The molecular weight excluding hydrogens is 364 g/mol. The Labute approximate surface area is 175 Å². The third-order valence-electron chi connectivity index (χ3n) is 9.46. The third-order valence-corrected chi connectivity index (χ3v) is 9.46. The van der Waals surface area contributed by atoms with Crippen molar-refractivity contribution in [2.24, 2.45) is 34.5 Å². The Morgan fingerprint density at radius 2 is 1.76 bits per heavy atom. The second kappa shape index (κ2) is 7.42. The fourth-order valence-corrected chi connectivity index (χ4v) is 8.19. The predicted molar refractivity (Wildman–Crippen MR) is 112 cm³/mol. The van der Waals surface area contributed by atoms with E-state index < -0.39 is 0 Å². The number of rotatable bonds is 3. The summed E-state index contributed by atoms with van der Waals surface area (Å²) in [4.78, 5) is 23.8. The summed E-state index contributed by atoms with van der Waals surface area (Å²) in [5.74, 6) is 2.19. The lowest BCUT2D eigenvalue weighted by molar-refractivity contribution is -0.190. The zero-order chi connectivity index (χ0) is 21.0. The lowest BCUT2D eigenvalue weighted by Crippen LogP contribution is -2.59. The Balaban J connectivity index is 1.71. The van der Waals surface area contributed by atoms with Gasteiger partial charge in [-0.3, -0.25) is 9.59 Å². The lowest BCUT2D eigenvalue weighted by Gasteiger charge is -2.60. The van der Waals surface area contributed by atoms with Crippen molar-refractivity contribution in [1.82, 2.24) is 0 Å². The number of carbonyl (C=O) groups is 2. The molecule has 4 rings (SSSR count). The van der Waals surface area contributed by atoms with E-state index in [4.69, 9.17) is 9.47 Å². The minimum absolute atomic E-state index is 0.224. The van der Waals surface area contributed by atoms with Crippen molar-refractivity contribution in [3.63, 3.8) is 0 Å². The molecule has 0 amide bonds. The van der Waals surface area contributed by atoms with Crippen LogP contribution in [-0.2, 0) is 19.1 Å². The van der Waals surface area contributed by atoms with Crippen LogP contribution in [-0.4, -0.2) is 24.1 Å². The molecule has 0 aliphatic heterocycles. The molecule has 0 radical (unpaired) electrons. The second-order valence-electron chi connectivity index (χ2n) is 10.6. The summed E-state index contributed by atoms with van der Waals surface area (Å²) in [5.41, 5.74) is 1.67. The van der Waals surface area contributed by atoms with Crippen LogP contribution in [0.25, 0.3) is 0 Å². The van der Waals surface area contributed by atoms with Crippen LogP contribution >= 0.6 is 0 Å². The molecule has 3 saturated carbocycles. The molecule has 8 atom stereocenters. The largest absolute Gasteiger partial charge is 0.459 e. The fraction of sp³-hybridized carbons (Fsp3) is 0.840. The molecule has 0 heterocycles. The van der Waals surface area contributed by atoms with Gasteiger partial charge in [-0.05, 0) is 74.0 Å². The molecule has 0 saturated heterocycles. The number of ether oxygens (including phenoxy) is 2. The van der Waals surface area contributed by atoms with Crippen molar-refractivity contribution < 1.29 is 19.1 Å². The van der Waals surface area contributed by atoms with Gasteiger partial charge >= 0.3 is 11.9 Å². The molecule has 4 aliphatic rings. The van der Waals surface area contributed by atoms with Gasteiger partial charge in [0.1, 0.15) is 12.2 Å². The molecule has 4 aliphatic carbocycles. The Kier molecular flexibility index (Phi) is 5.36. The monoisotopic (exact) mass is 402 g/mol. The summed E-state index contributed by atoms with van der Waals surface area (Å²) >= 11 is 0. The van der Waals surface area contributed by atoms with Crippen molar-refractivity contribution in [3.05, 3.63) is 11.6 Å². The van der Waals surface area contributed by atoms with Crippen LogP contribution < -0.4 is 0 Å². The van der Waals surface area contributed by atoms with Gasteiger partial charge in [0, 0.05) is 19.3 Å². The van der Waals surface area contributed by atoms with E-state index in [9.17, 15) is 9.59 Å². The van der Waals surface area contributed by atoms with Gasteiger partial charge in [0.2, 0.25) is 0 Å². The average Bonchev–Trinajstić information content (AvgIpc) is 2.99. The molecule has 2 unspecified atom stereocenters. The van der Waals surface area contributed by atoms with Crippen molar-refractivity contribution in [2.45, 2.75) is 98.2 Å². The van der Waals surface area contributed by atoms with Gasteiger partial charge in [0.05, 0.1) is 0 Å². The first-order valence-electron chi connectivity index (χ1n) is 11.8. The van der Waals surface area contributed by atoms with E-state index in [-0.39, 0.29) is 29.6 Å². The average molecular weight is 403 g/mol. The minimum atomic E-state index is -0.371. The first-order valence-corrected chi connectivity index (χ1v) is 11.8. The van der Waals surface area contributed by atoms with Gasteiger partial charge in [0.25, 0.3) is 0 Å². The topological polar surface area (TPSA) is 52.6 Å². The molecule has 0 aromatic rings. The highest BCUT2D eigenvalue weighted by molar-refractivity contribution is 5.67. The summed E-state index contributed by atoms with van der Waals surface area (Å²) in [6.45, 7) is 10.1. The van der Waals surface area contributed by atoms with Gasteiger partial charge in [-0.15, -0.1) is 0 Å². The summed E-state index contributed by atoms with van der Waals surface area (Å²) in [6.07, 6.45) is 11.0. The molecule has 162 valence electrons. The normalized spacial score (nSPS) is 46.0. The molecular formula is C25H38O4. The number of carbonyl (C=O) groups excluding carboxylic acids is 2. The van der Waals surface area contributed by atoms with Gasteiger partial charge < -0.3 is 9.47 Å². The SMILES string of the molecule is CC[C@H]1CC[C@H]2[C@@H]3CC=C4CCC(OC(C)=O)C(OC(C)=O)[C@]4(C)[C@H]3CC[C@]12C. The van der Waals surface area contributed by atoms with Crippen molar-refractivity contribution in [3.8, 4) is 0 Å². The molecule has 4 heteroatoms. The van der Waals surface area contributed by atoms with E-state index in [2.05, 4.69) is 26.8 Å². The van der Waals surface area contributed by atoms with E-state index >= 15 is 0 Å². The molecule has 29 heavy (non-hydrogen) atoms. The van der Waals surface area contributed by atoms with Crippen molar-refractivity contribution in [2.75, 3.05) is 0 Å². The molecule has 0 aromatic heterocycles. The lowest BCUT2D eigenvalue weighted by atomic mass is 9.46. The predicted octanol–water partition coefficient (Wildman–Crippen LogP) is 5.45. The van der Waals surface area contributed by atoms with Crippen LogP contribution in [0.3, 0.4) is 0 Å². The summed E-state index contributed by atoms with van der Waals surface area (Å²) in [6, 6.07) is 0. The van der Waals surface area contributed by atoms with Crippen LogP contribution in [0.1, 0.15) is 86.0 Å². The van der Waals surface area contributed by atoms with Gasteiger partial charge in [-0.1, -0.05) is 38.8 Å². The number of hydrogen-bond donors (Lipinski definition) is 0. The van der Waals surface area contributed by atoms with Crippen LogP contribution in [0.4, 0.5) is 0 Å². The molecule has 0 N–H and O–H groups in total. The first kappa shape index (κ1) is 20.9. The Morgan fingerprint density at radius 3 is 2.41 bits per heavy atom. The highest BCUT2D eigenvalue weighted by Gasteiger charge is 2.62. The van der Waals surface area contributed by atoms with Crippen LogP contribution in [0, 0.1) is 34.5 Å². The maximum Gasteiger partial charge on any atom is 0.303 e. The maximum atomic E-state index is 12.1. The maximum absolute atomic E-state index is 12.1. The number of allylic oxidation sites excluding steroid dienone is 1. The number of fused-ring (bicyclic) bond motifs is 5. The first-order chi connectivity index (χ1) is 13.7. The molecule has 0 aromatic carbocycles. The zero-order valence-corrected chi connectivity index (χ0v) is 18.8. The second-order valence-corrected chi connectivity index (χ2v) is 10.6. The molecule has 4 nitrogen and oxygen atoms in total. The van der Waals surface area contributed by atoms with E-state index in [0.29, 0.717) is 17.3 Å². The molecule has 3 fully saturated rings. The summed E-state index contributed by atoms with van der Waals surface area (Å²) in [7, 11) is 0. The standard InChI is InChI=1S/C25H38O4/c1-6-17-8-11-20-19-10-7-18-9-12-22(28-15(2)26)23(29-16(3)27)25(18,5)21(19)13-14-24(17,20)4/h7,17,19-23H,6,8-14H2,1-5H3/t17-,19-,20-,21-,22?,23?,24+,25-/m0/s1. The number of esters is 2. The smallest absolute Gasteiger partial charge is 0.303 e. The Hall–Kier alpha value is -1.32. The van der Waals surface area contributed by atoms with Crippen LogP contribution in [0.2, 0.25) is 0 Å². The highest BCUT2D eigenvalue weighted by atomic mass is 16.6. The van der Waals surface area contributed by atoms with Gasteiger partial charge in [-0.25, -0.2) is 0 Å². The van der Waals surface area contributed by atoms with Gasteiger partial charge in [0.15, 0.2) is 0 Å². The van der Waals surface area contributed by atoms with E-state index in [1.54, 1.807) is 0 Å². The Morgan fingerprint density at radius 1 is 1.03 bits per heavy atom. The van der Waals surface area contributed by atoms with E-state index in [0.717, 1.165) is 31.1 Å². The highest BCUT2D eigenvalue weighted by Crippen LogP contribution is 2.67. The summed E-state index contributed by atoms with van der Waals surface area (Å²) in [5, 5.41) is 0. The quantitative estimate of drug-likeness (QED) is 0.465. The fourth-order valence-electron chi connectivity index (χ4n) is 8.19. The Bertz CT molecular complexity index is 712. The van der Waals surface area contributed by atoms with Gasteiger partial charge in [-0.2, -0.15) is 0 Å². The van der Waals surface area contributed by atoms with E-state index in [1.807, 2.05) is 0 Å². The van der Waals surface area contributed by atoms with Crippen molar-refractivity contribution in [1.29, 1.82) is 0 Å². The molecule has 0 spiro atoms. The number of hydrogen-bond acceptors (Lipinski definition) is 4.